The van der Waals surface area contributed by atoms with Crippen LogP contribution in [0.25, 0.3) is 73.8 Å². The van der Waals surface area contributed by atoms with E-state index < -0.39 is 0 Å². The van der Waals surface area contributed by atoms with Gasteiger partial charge in [0.2, 0.25) is 0 Å². The molecule has 4 aromatic heterocycles. The molecule has 0 amide bonds. The Morgan fingerprint density at radius 1 is 0.389 bits per heavy atom. The minimum Gasteiger partial charge on any atom is -0.300 e. The van der Waals surface area contributed by atoms with Crippen molar-refractivity contribution in [1.29, 1.82) is 0 Å². The highest BCUT2D eigenvalue weighted by molar-refractivity contribution is 7.26. The predicted molar refractivity (Wildman–Crippen MR) is 226 cm³/mol. The standard InChI is InChI=1S/C48H28N2O2S2/c51-45(29-15-3-1-4-16-29)35-27-40(50-38-24-12-8-20-32(38)44-34-22-10-14-26-42(34)54-48(44)50)36(46(52)30-17-5-2-6-18-30)28-39(35)49-37-23-11-7-19-31(37)43-33-21-9-13-25-41(33)53-47(43)49/h1-28H. The number of carbonyl (C=O) groups is 2. The van der Waals surface area contributed by atoms with Gasteiger partial charge in [0.05, 0.1) is 22.4 Å². The molecule has 0 fully saturated rings. The second-order valence-electron chi connectivity index (χ2n) is 13.5. The van der Waals surface area contributed by atoms with E-state index >= 15 is 9.59 Å². The van der Waals surface area contributed by atoms with E-state index in [1.807, 2.05) is 84.9 Å². The first-order valence-electron chi connectivity index (χ1n) is 17.9. The highest BCUT2D eigenvalue weighted by Gasteiger charge is 2.28. The Morgan fingerprint density at radius 2 is 0.741 bits per heavy atom. The van der Waals surface area contributed by atoms with Crippen molar-refractivity contribution >= 4 is 96.7 Å². The van der Waals surface area contributed by atoms with Crippen LogP contribution in [0.3, 0.4) is 0 Å². The van der Waals surface area contributed by atoms with Gasteiger partial charge in [-0.1, -0.05) is 133 Å². The summed E-state index contributed by atoms with van der Waals surface area (Å²) in [6, 6.07) is 56.5. The Balaban J connectivity index is 1.32. The number of fused-ring (bicyclic) bond motifs is 10. The van der Waals surface area contributed by atoms with Gasteiger partial charge in [-0.05, 0) is 36.4 Å². The van der Waals surface area contributed by atoms with E-state index in [2.05, 4.69) is 94.1 Å². The fourth-order valence-electron chi connectivity index (χ4n) is 8.16. The summed E-state index contributed by atoms with van der Waals surface area (Å²) in [5.74, 6) is -0.219. The number of thiophene rings is 2. The lowest BCUT2D eigenvalue weighted by atomic mass is 9.94. The lowest BCUT2D eigenvalue weighted by Crippen LogP contribution is -2.14. The molecule has 11 rings (SSSR count). The first-order valence-corrected chi connectivity index (χ1v) is 19.5. The lowest BCUT2D eigenvalue weighted by molar-refractivity contribution is 0.102. The molecule has 0 N–H and O–H groups in total. The second-order valence-corrected chi connectivity index (χ2v) is 15.6. The molecular weight excluding hydrogens is 701 g/mol. The minimum absolute atomic E-state index is 0.110. The first-order chi connectivity index (χ1) is 26.7. The molecule has 0 saturated carbocycles. The van der Waals surface area contributed by atoms with E-state index in [0.717, 1.165) is 42.2 Å². The van der Waals surface area contributed by atoms with Crippen molar-refractivity contribution < 1.29 is 9.59 Å². The lowest BCUT2D eigenvalue weighted by Gasteiger charge is -2.19. The molecule has 54 heavy (non-hydrogen) atoms. The smallest absolute Gasteiger partial charge is 0.195 e. The predicted octanol–water partition coefficient (Wildman–Crippen LogP) is 12.8. The molecule has 0 bridgehead atoms. The molecule has 0 aliphatic carbocycles. The van der Waals surface area contributed by atoms with Gasteiger partial charge in [0.25, 0.3) is 0 Å². The summed E-state index contributed by atoms with van der Waals surface area (Å²) in [6.45, 7) is 0. The number of hydrogen-bond donors (Lipinski definition) is 0. The third-order valence-corrected chi connectivity index (χ3v) is 12.9. The highest BCUT2D eigenvalue weighted by Crippen LogP contribution is 2.46. The van der Waals surface area contributed by atoms with Gasteiger partial charge in [-0.3, -0.25) is 18.7 Å². The average Bonchev–Trinajstić information content (AvgIpc) is 3.97. The minimum atomic E-state index is -0.110. The normalized spacial score (nSPS) is 11.9. The van der Waals surface area contributed by atoms with Crippen LogP contribution in [0.2, 0.25) is 0 Å². The molecule has 0 spiro atoms. The van der Waals surface area contributed by atoms with Crippen LogP contribution in [0.1, 0.15) is 31.8 Å². The summed E-state index contributed by atoms with van der Waals surface area (Å²) in [5, 5.41) is 6.84. The van der Waals surface area contributed by atoms with Gasteiger partial charge in [-0.15, -0.1) is 22.7 Å². The van der Waals surface area contributed by atoms with Gasteiger partial charge in [-0.2, -0.15) is 0 Å². The highest BCUT2D eigenvalue weighted by atomic mass is 32.1. The fraction of sp³-hybridized carbons (Fsp3) is 0. The molecule has 0 aliphatic heterocycles. The largest absolute Gasteiger partial charge is 0.300 e. The number of para-hydroxylation sites is 2. The molecule has 11 aromatic rings. The molecule has 254 valence electrons. The van der Waals surface area contributed by atoms with Gasteiger partial charge in [0.15, 0.2) is 11.6 Å². The van der Waals surface area contributed by atoms with E-state index in [1.165, 1.54) is 20.2 Å². The maximum absolute atomic E-state index is 15.0. The van der Waals surface area contributed by atoms with E-state index in [-0.39, 0.29) is 11.6 Å². The SMILES string of the molecule is O=C(c1ccccc1)c1cc(-n2c3ccccc3c3c4ccccc4sc32)c(C(=O)c2ccccc2)cc1-n1c2ccccc2c2c3ccccc3sc21. The Morgan fingerprint density at radius 3 is 1.17 bits per heavy atom. The quantitative estimate of drug-likeness (QED) is 0.160. The van der Waals surface area contributed by atoms with Gasteiger partial charge in [-0.25, -0.2) is 0 Å². The zero-order chi connectivity index (χ0) is 35.9. The van der Waals surface area contributed by atoms with Crippen LogP contribution in [-0.4, -0.2) is 20.7 Å². The number of hydrogen-bond acceptors (Lipinski definition) is 4. The van der Waals surface area contributed by atoms with E-state index in [9.17, 15) is 0 Å². The van der Waals surface area contributed by atoms with E-state index in [0.29, 0.717) is 33.6 Å². The summed E-state index contributed by atoms with van der Waals surface area (Å²) in [5.41, 5.74) is 5.52. The van der Waals surface area contributed by atoms with Gasteiger partial charge >= 0.3 is 0 Å². The Labute approximate surface area is 317 Å². The molecule has 0 aliphatic rings. The summed E-state index contributed by atoms with van der Waals surface area (Å²) >= 11 is 3.41. The van der Waals surface area contributed by atoms with Crippen molar-refractivity contribution in [1.82, 2.24) is 9.13 Å². The van der Waals surface area contributed by atoms with Crippen LogP contribution in [0.15, 0.2) is 170 Å². The van der Waals surface area contributed by atoms with Crippen molar-refractivity contribution in [3.8, 4) is 11.4 Å². The molecule has 0 radical (unpaired) electrons. The summed E-state index contributed by atoms with van der Waals surface area (Å²) in [6.07, 6.45) is 0. The van der Waals surface area contributed by atoms with Crippen LogP contribution >= 0.6 is 22.7 Å². The van der Waals surface area contributed by atoms with Crippen molar-refractivity contribution in [3.05, 3.63) is 192 Å². The van der Waals surface area contributed by atoms with Crippen molar-refractivity contribution in [2.75, 3.05) is 0 Å². The maximum atomic E-state index is 15.0. The number of ketones is 2. The number of rotatable bonds is 6. The third kappa shape index (κ3) is 4.48. The van der Waals surface area contributed by atoms with Gasteiger partial charge in [0, 0.05) is 64.0 Å². The molecule has 4 nitrogen and oxygen atoms in total. The molecule has 0 saturated heterocycles. The summed E-state index contributed by atoms with van der Waals surface area (Å²) < 4.78 is 6.75. The molecule has 7 aromatic carbocycles. The molecule has 4 heterocycles. The zero-order valence-corrected chi connectivity index (χ0v) is 30.3. The Bertz CT molecular complexity index is 3090. The van der Waals surface area contributed by atoms with Crippen LogP contribution < -0.4 is 0 Å². The topological polar surface area (TPSA) is 44.0 Å². The van der Waals surface area contributed by atoms with Gasteiger partial charge in [0.1, 0.15) is 9.66 Å². The molecule has 0 unspecified atom stereocenters. The van der Waals surface area contributed by atoms with Crippen molar-refractivity contribution in [2.45, 2.75) is 0 Å². The molecular formula is C48H28N2O2S2. The maximum Gasteiger partial charge on any atom is 0.195 e. The zero-order valence-electron chi connectivity index (χ0n) is 28.7. The Kier molecular flexibility index (Phi) is 6.86. The molecule has 6 heteroatoms. The summed E-state index contributed by atoms with van der Waals surface area (Å²) in [7, 11) is 0. The van der Waals surface area contributed by atoms with Gasteiger partial charge < -0.3 is 0 Å². The number of carbonyl (C=O) groups excluding carboxylic acids is 2. The van der Waals surface area contributed by atoms with E-state index in [1.54, 1.807) is 22.7 Å². The Hall–Kier alpha value is -6.60. The van der Waals surface area contributed by atoms with Crippen LogP contribution in [0, 0.1) is 0 Å². The van der Waals surface area contributed by atoms with Crippen LogP contribution in [0.4, 0.5) is 0 Å². The number of nitrogens with zero attached hydrogens (tertiary/aromatic N) is 2. The molecule has 0 atom stereocenters. The van der Waals surface area contributed by atoms with Crippen molar-refractivity contribution in [3.63, 3.8) is 0 Å². The first kappa shape index (κ1) is 31.0. The summed E-state index contributed by atoms with van der Waals surface area (Å²) in [4.78, 5) is 32.2. The van der Waals surface area contributed by atoms with Crippen molar-refractivity contribution in [2.24, 2.45) is 0 Å². The number of aromatic nitrogens is 2. The third-order valence-electron chi connectivity index (χ3n) is 10.5. The van der Waals surface area contributed by atoms with E-state index in [4.69, 9.17) is 0 Å². The second kappa shape index (κ2) is 12.0. The average molecular weight is 729 g/mol. The number of benzene rings is 7. The van der Waals surface area contributed by atoms with Crippen LogP contribution in [-0.2, 0) is 0 Å². The monoisotopic (exact) mass is 728 g/mol. The fourth-order valence-corrected chi connectivity index (χ4v) is 10.6. The van der Waals surface area contributed by atoms with Crippen LogP contribution in [0.5, 0.6) is 0 Å².